The fourth-order valence-corrected chi connectivity index (χ4v) is 6.29. The van der Waals surface area contributed by atoms with Crippen molar-refractivity contribution in [1.82, 2.24) is 14.8 Å². The zero-order valence-electron chi connectivity index (χ0n) is 20.9. The lowest BCUT2D eigenvalue weighted by atomic mass is 9.97. The highest BCUT2D eigenvalue weighted by molar-refractivity contribution is 8.18. The second kappa shape index (κ2) is 9.71. The molecule has 7 heteroatoms. The first kappa shape index (κ1) is 23.3. The van der Waals surface area contributed by atoms with Crippen LogP contribution < -0.4 is 4.90 Å². The summed E-state index contributed by atoms with van der Waals surface area (Å²) >= 11 is 1.50. The van der Waals surface area contributed by atoms with Crippen LogP contribution in [0.4, 0.5) is 5.69 Å². The van der Waals surface area contributed by atoms with E-state index in [0.29, 0.717) is 4.91 Å². The SMILES string of the molecule is Cc1cc(-c2ccnc3ccc(/C=C4\SC(N5CCCC5)=NC4=O)cc23)ccc1N1CCN(C)CC1. The van der Waals surface area contributed by atoms with Gasteiger partial charge in [-0.1, -0.05) is 12.1 Å². The molecule has 0 radical (unpaired) electrons. The minimum absolute atomic E-state index is 0.136. The Balaban J connectivity index is 1.30. The Bertz CT molecular complexity index is 1380. The van der Waals surface area contributed by atoms with Crippen molar-refractivity contribution in [3.8, 4) is 11.1 Å². The van der Waals surface area contributed by atoms with Gasteiger partial charge in [0.25, 0.3) is 5.91 Å². The molecule has 0 N–H and O–H groups in total. The average molecular weight is 498 g/mol. The number of nitrogens with zero attached hydrogens (tertiary/aromatic N) is 5. The van der Waals surface area contributed by atoms with E-state index in [4.69, 9.17) is 0 Å². The zero-order chi connectivity index (χ0) is 24.6. The van der Waals surface area contributed by atoms with Gasteiger partial charge in [-0.2, -0.15) is 4.99 Å². The molecule has 1 amide bonds. The molecule has 6 rings (SSSR count). The summed E-state index contributed by atoms with van der Waals surface area (Å²) in [5.41, 5.74) is 6.91. The second-order valence-electron chi connectivity index (χ2n) is 9.93. The van der Waals surface area contributed by atoms with Crippen molar-refractivity contribution in [2.75, 3.05) is 51.2 Å². The number of hydrogen-bond acceptors (Lipinski definition) is 6. The first-order valence-corrected chi connectivity index (χ1v) is 13.6. The lowest BCUT2D eigenvalue weighted by molar-refractivity contribution is -0.113. The molecule has 0 saturated carbocycles. The number of aromatic nitrogens is 1. The summed E-state index contributed by atoms with van der Waals surface area (Å²) in [6.45, 7) is 8.51. The second-order valence-corrected chi connectivity index (χ2v) is 10.9. The van der Waals surface area contributed by atoms with Crippen molar-refractivity contribution in [2.24, 2.45) is 4.99 Å². The number of hydrogen-bond donors (Lipinski definition) is 0. The first-order chi connectivity index (χ1) is 17.5. The van der Waals surface area contributed by atoms with Gasteiger partial charge in [0, 0.05) is 56.5 Å². The number of carbonyl (C=O) groups is 1. The maximum absolute atomic E-state index is 12.6. The minimum atomic E-state index is -0.136. The summed E-state index contributed by atoms with van der Waals surface area (Å²) in [5, 5.41) is 1.94. The number of likely N-dealkylation sites (N-methyl/N-ethyl adjacent to an activating group) is 1. The predicted octanol–water partition coefficient (Wildman–Crippen LogP) is 5.03. The van der Waals surface area contributed by atoms with Gasteiger partial charge in [-0.3, -0.25) is 9.78 Å². The smallest absolute Gasteiger partial charge is 0.286 e. The number of anilines is 1. The number of fused-ring (bicyclic) bond motifs is 1. The molecular weight excluding hydrogens is 466 g/mol. The van der Waals surface area contributed by atoms with Crippen LogP contribution in [-0.2, 0) is 4.79 Å². The summed E-state index contributed by atoms with van der Waals surface area (Å²) in [6, 6.07) is 15.1. The molecule has 0 aliphatic carbocycles. The van der Waals surface area contributed by atoms with Crippen molar-refractivity contribution < 1.29 is 4.79 Å². The lowest BCUT2D eigenvalue weighted by Crippen LogP contribution is -2.44. The molecule has 3 aromatic rings. The van der Waals surface area contributed by atoms with Crippen LogP contribution in [0.15, 0.2) is 58.6 Å². The molecule has 184 valence electrons. The van der Waals surface area contributed by atoms with Gasteiger partial charge in [0.15, 0.2) is 5.17 Å². The Morgan fingerprint density at radius 3 is 2.50 bits per heavy atom. The highest BCUT2D eigenvalue weighted by Gasteiger charge is 2.27. The van der Waals surface area contributed by atoms with Gasteiger partial charge in [-0.05, 0) is 97.2 Å². The Kier molecular flexibility index (Phi) is 6.27. The molecule has 4 heterocycles. The molecule has 0 unspecified atom stereocenters. The number of rotatable bonds is 3. The molecule has 6 nitrogen and oxygen atoms in total. The van der Waals surface area contributed by atoms with E-state index in [9.17, 15) is 4.79 Å². The molecule has 2 aromatic carbocycles. The van der Waals surface area contributed by atoms with Crippen molar-refractivity contribution >= 4 is 45.5 Å². The van der Waals surface area contributed by atoms with Crippen LogP contribution in [0.25, 0.3) is 28.1 Å². The van der Waals surface area contributed by atoms with Gasteiger partial charge in [0.2, 0.25) is 0 Å². The third-order valence-electron chi connectivity index (χ3n) is 7.40. The molecule has 0 atom stereocenters. The average Bonchev–Trinajstić information content (AvgIpc) is 3.55. The van der Waals surface area contributed by atoms with E-state index in [2.05, 4.69) is 69.0 Å². The molecular formula is C29H31N5OS. The van der Waals surface area contributed by atoms with Gasteiger partial charge in [0.1, 0.15) is 0 Å². The molecule has 3 aliphatic heterocycles. The number of aryl methyl sites for hydroxylation is 1. The molecule has 2 saturated heterocycles. The van der Waals surface area contributed by atoms with Crippen LogP contribution in [-0.4, -0.2) is 72.2 Å². The number of thioether (sulfide) groups is 1. The number of amides is 1. The summed E-state index contributed by atoms with van der Waals surface area (Å²) in [4.78, 5) is 29.3. The standard InChI is InChI=1S/C29H31N5OS/c1-20-17-22(6-8-26(20)33-15-13-32(2)14-16-33)23-9-10-30-25-7-5-21(18-24(23)25)19-27-28(35)31-29(36-27)34-11-3-4-12-34/h5-10,17-19H,3-4,11-16H2,1-2H3/b27-19-. The molecule has 1 aromatic heterocycles. The van der Waals surface area contributed by atoms with Crippen LogP contribution in [0.3, 0.4) is 0 Å². The summed E-state index contributed by atoms with van der Waals surface area (Å²) in [7, 11) is 2.19. The number of piperazine rings is 1. The quantitative estimate of drug-likeness (QED) is 0.473. The maximum atomic E-state index is 12.6. The highest BCUT2D eigenvalue weighted by Crippen LogP contribution is 2.35. The molecule has 2 fully saturated rings. The largest absolute Gasteiger partial charge is 0.369 e. The van der Waals surface area contributed by atoms with E-state index in [1.165, 1.54) is 41.4 Å². The van der Waals surface area contributed by atoms with E-state index in [1.54, 1.807) is 0 Å². The van der Waals surface area contributed by atoms with Crippen molar-refractivity contribution in [3.63, 3.8) is 0 Å². The fourth-order valence-electron chi connectivity index (χ4n) is 5.32. The van der Waals surface area contributed by atoms with Gasteiger partial charge in [-0.25, -0.2) is 0 Å². The lowest BCUT2D eigenvalue weighted by Gasteiger charge is -2.35. The number of likely N-dealkylation sites (tertiary alicyclic amines) is 1. The van der Waals surface area contributed by atoms with E-state index >= 15 is 0 Å². The summed E-state index contributed by atoms with van der Waals surface area (Å²) in [5.74, 6) is -0.136. The Morgan fingerprint density at radius 1 is 0.917 bits per heavy atom. The third kappa shape index (κ3) is 4.53. The van der Waals surface area contributed by atoms with Gasteiger partial charge in [0.05, 0.1) is 10.4 Å². The molecule has 3 aliphatic rings. The van der Waals surface area contributed by atoms with E-state index in [-0.39, 0.29) is 5.91 Å². The molecule has 36 heavy (non-hydrogen) atoms. The fraction of sp³-hybridized carbons (Fsp3) is 0.345. The van der Waals surface area contributed by atoms with Crippen molar-refractivity contribution in [2.45, 2.75) is 19.8 Å². The summed E-state index contributed by atoms with van der Waals surface area (Å²) < 4.78 is 0. The van der Waals surface area contributed by atoms with E-state index < -0.39 is 0 Å². The molecule has 0 bridgehead atoms. The van der Waals surface area contributed by atoms with Gasteiger partial charge in [-0.15, -0.1) is 0 Å². The first-order valence-electron chi connectivity index (χ1n) is 12.8. The normalized spacial score (nSPS) is 20.1. The monoisotopic (exact) mass is 497 g/mol. The van der Waals surface area contributed by atoms with E-state index in [1.807, 2.05) is 24.4 Å². The zero-order valence-corrected chi connectivity index (χ0v) is 21.7. The highest BCUT2D eigenvalue weighted by atomic mass is 32.2. The van der Waals surface area contributed by atoms with Crippen LogP contribution in [0.5, 0.6) is 0 Å². The van der Waals surface area contributed by atoms with Crippen molar-refractivity contribution in [1.29, 1.82) is 0 Å². The number of amidine groups is 1. The van der Waals surface area contributed by atoms with Crippen LogP contribution >= 0.6 is 11.8 Å². The van der Waals surface area contributed by atoms with Gasteiger partial charge < -0.3 is 14.7 Å². The summed E-state index contributed by atoms with van der Waals surface area (Å²) in [6.07, 6.45) is 6.19. The van der Waals surface area contributed by atoms with E-state index in [0.717, 1.165) is 66.5 Å². The van der Waals surface area contributed by atoms with Gasteiger partial charge >= 0.3 is 0 Å². The number of benzene rings is 2. The number of aliphatic imine (C=N–C) groups is 1. The molecule has 0 spiro atoms. The minimum Gasteiger partial charge on any atom is -0.369 e. The topological polar surface area (TPSA) is 52.0 Å². The van der Waals surface area contributed by atoms with Crippen LogP contribution in [0.2, 0.25) is 0 Å². The van der Waals surface area contributed by atoms with Crippen molar-refractivity contribution in [3.05, 3.63) is 64.7 Å². The number of carbonyl (C=O) groups excluding carboxylic acids is 1. The Hall–Kier alpha value is -3.16. The third-order valence-corrected chi connectivity index (χ3v) is 8.45. The van der Waals surface area contributed by atoms with Crippen LogP contribution in [0.1, 0.15) is 24.0 Å². The number of pyridine rings is 1. The Morgan fingerprint density at radius 2 is 1.72 bits per heavy atom. The predicted molar refractivity (Wildman–Crippen MR) is 150 cm³/mol. The Labute approximate surface area is 216 Å². The maximum Gasteiger partial charge on any atom is 0.286 e. The van der Waals surface area contributed by atoms with Crippen LogP contribution in [0, 0.1) is 6.92 Å².